The molecule has 0 saturated heterocycles. The number of pyridine rings is 1. The van der Waals surface area contributed by atoms with Crippen LogP contribution < -0.4 is 5.56 Å². The zero-order valence-electron chi connectivity index (χ0n) is 5.89. The first-order valence-electron chi connectivity index (χ1n) is 2.94. The van der Waals surface area contributed by atoms with Gasteiger partial charge in [0.1, 0.15) is 0 Å². The van der Waals surface area contributed by atoms with Crippen LogP contribution in [0.4, 0.5) is 0 Å². The van der Waals surface area contributed by atoms with Crippen LogP contribution in [0.2, 0.25) is 5.02 Å². The fourth-order valence-corrected chi connectivity index (χ4v) is 0.892. The molecule has 1 heterocycles. The van der Waals surface area contributed by atoms with Crippen LogP contribution in [-0.4, -0.2) is 4.57 Å². The van der Waals surface area contributed by atoms with Gasteiger partial charge in [-0.3, -0.25) is 4.79 Å². The summed E-state index contributed by atoms with van der Waals surface area (Å²) in [6.45, 7) is 1.81. The number of hydrogen-bond donors (Lipinski definition) is 0. The van der Waals surface area contributed by atoms with Crippen LogP contribution in [0.15, 0.2) is 17.1 Å². The lowest BCUT2D eigenvalue weighted by atomic mass is 10.3. The highest BCUT2D eigenvalue weighted by atomic mass is 35.5. The Bertz CT molecular complexity index is 303. The Morgan fingerprint density at radius 2 is 2.20 bits per heavy atom. The van der Waals surface area contributed by atoms with Gasteiger partial charge in [0, 0.05) is 19.3 Å². The van der Waals surface area contributed by atoms with Gasteiger partial charge in [0.15, 0.2) is 0 Å². The van der Waals surface area contributed by atoms with Gasteiger partial charge in [0.25, 0.3) is 5.56 Å². The standard InChI is InChI=1S/C7H8ClNO/c1-5-3-7(10)9(2)4-6(5)8/h3-4H,1-2H3. The first-order valence-corrected chi connectivity index (χ1v) is 3.32. The van der Waals surface area contributed by atoms with Crippen molar-refractivity contribution in [3.63, 3.8) is 0 Å². The SMILES string of the molecule is Cc1cc(=O)n(C)cc1Cl. The predicted octanol–water partition coefficient (Wildman–Crippen LogP) is 1.35. The maximum Gasteiger partial charge on any atom is 0.250 e. The van der Waals surface area contributed by atoms with Gasteiger partial charge in [-0.25, -0.2) is 0 Å². The van der Waals surface area contributed by atoms with Gasteiger partial charge in [-0.05, 0) is 12.5 Å². The molecule has 0 N–H and O–H groups in total. The second-order valence-corrected chi connectivity index (χ2v) is 2.66. The van der Waals surface area contributed by atoms with E-state index in [9.17, 15) is 4.79 Å². The number of rotatable bonds is 0. The highest BCUT2D eigenvalue weighted by molar-refractivity contribution is 6.31. The summed E-state index contributed by atoms with van der Waals surface area (Å²) < 4.78 is 1.45. The fourth-order valence-electron chi connectivity index (χ4n) is 0.691. The molecule has 0 spiro atoms. The highest BCUT2D eigenvalue weighted by Gasteiger charge is 1.95. The predicted molar refractivity (Wildman–Crippen MR) is 41.4 cm³/mol. The zero-order chi connectivity index (χ0) is 7.72. The second-order valence-electron chi connectivity index (χ2n) is 2.25. The van der Waals surface area contributed by atoms with Crippen molar-refractivity contribution in [3.05, 3.63) is 33.2 Å². The fraction of sp³-hybridized carbons (Fsp3) is 0.286. The third kappa shape index (κ3) is 1.21. The Balaban J connectivity index is 3.43. The maximum atomic E-state index is 10.9. The summed E-state index contributed by atoms with van der Waals surface area (Å²) in [4.78, 5) is 10.9. The van der Waals surface area contributed by atoms with Gasteiger partial charge in [-0.1, -0.05) is 11.6 Å². The van der Waals surface area contributed by atoms with Crippen molar-refractivity contribution in [2.24, 2.45) is 7.05 Å². The summed E-state index contributed by atoms with van der Waals surface area (Å²) in [5.41, 5.74) is 0.798. The van der Waals surface area contributed by atoms with E-state index in [2.05, 4.69) is 0 Å². The first-order chi connectivity index (χ1) is 4.61. The minimum absolute atomic E-state index is 0.0260. The van der Waals surface area contributed by atoms with Crippen LogP contribution in [0, 0.1) is 6.92 Å². The minimum Gasteiger partial charge on any atom is -0.317 e. The molecule has 1 rings (SSSR count). The Labute approximate surface area is 64.1 Å². The molecule has 0 saturated carbocycles. The monoisotopic (exact) mass is 157 g/mol. The van der Waals surface area contributed by atoms with Crippen molar-refractivity contribution < 1.29 is 0 Å². The summed E-state index contributed by atoms with van der Waals surface area (Å²) in [5.74, 6) is 0. The molecule has 0 aliphatic carbocycles. The molecule has 0 fully saturated rings. The van der Waals surface area contributed by atoms with Crippen LogP contribution in [0.1, 0.15) is 5.56 Å². The van der Waals surface area contributed by atoms with E-state index >= 15 is 0 Å². The third-order valence-corrected chi connectivity index (χ3v) is 1.77. The molecule has 0 atom stereocenters. The van der Waals surface area contributed by atoms with E-state index in [1.54, 1.807) is 13.2 Å². The van der Waals surface area contributed by atoms with Crippen LogP contribution in [0.3, 0.4) is 0 Å². The normalized spacial score (nSPS) is 9.90. The van der Waals surface area contributed by atoms with E-state index in [-0.39, 0.29) is 5.56 Å². The van der Waals surface area contributed by atoms with E-state index in [1.165, 1.54) is 10.6 Å². The lowest BCUT2D eigenvalue weighted by molar-refractivity contribution is 0.856. The molecule has 0 bridgehead atoms. The smallest absolute Gasteiger partial charge is 0.250 e. The van der Waals surface area contributed by atoms with Gasteiger partial charge in [-0.2, -0.15) is 0 Å². The number of hydrogen-bond acceptors (Lipinski definition) is 1. The largest absolute Gasteiger partial charge is 0.317 e. The zero-order valence-corrected chi connectivity index (χ0v) is 6.64. The quantitative estimate of drug-likeness (QED) is 0.557. The van der Waals surface area contributed by atoms with Crippen LogP contribution in [0.5, 0.6) is 0 Å². The van der Waals surface area contributed by atoms with E-state index in [0.29, 0.717) is 5.02 Å². The maximum absolute atomic E-state index is 10.9. The molecule has 0 aliphatic heterocycles. The first kappa shape index (κ1) is 7.35. The van der Waals surface area contributed by atoms with Gasteiger partial charge >= 0.3 is 0 Å². The average molecular weight is 158 g/mol. The van der Waals surface area contributed by atoms with Gasteiger partial charge in [0.05, 0.1) is 5.02 Å². The Hall–Kier alpha value is -0.760. The lowest BCUT2D eigenvalue weighted by Gasteiger charge is -1.98. The molecule has 0 aromatic carbocycles. The number of aryl methyl sites for hydroxylation is 2. The van der Waals surface area contributed by atoms with Crippen molar-refractivity contribution in [2.75, 3.05) is 0 Å². The van der Waals surface area contributed by atoms with Crippen LogP contribution in [0.25, 0.3) is 0 Å². The molecule has 0 amide bonds. The van der Waals surface area contributed by atoms with Crippen molar-refractivity contribution in [3.8, 4) is 0 Å². The summed E-state index contributed by atoms with van der Waals surface area (Å²) in [7, 11) is 1.67. The van der Waals surface area contributed by atoms with Gasteiger partial charge in [0.2, 0.25) is 0 Å². The molecular formula is C7H8ClNO. The highest BCUT2D eigenvalue weighted by Crippen LogP contribution is 2.09. The van der Waals surface area contributed by atoms with Crippen molar-refractivity contribution in [2.45, 2.75) is 6.92 Å². The van der Waals surface area contributed by atoms with Crippen molar-refractivity contribution >= 4 is 11.6 Å². The molecule has 1 aromatic rings. The minimum atomic E-state index is -0.0260. The van der Waals surface area contributed by atoms with Crippen LogP contribution >= 0.6 is 11.6 Å². The molecule has 0 radical (unpaired) electrons. The van der Waals surface area contributed by atoms with E-state index in [4.69, 9.17) is 11.6 Å². The van der Waals surface area contributed by atoms with Crippen molar-refractivity contribution in [1.29, 1.82) is 0 Å². The molecular weight excluding hydrogens is 150 g/mol. The molecule has 54 valence electrons. The van der Waals surface area contributed by atoms with Crippen LogP contribution in [-0.2, 0) is 7.05 Å². The molecule has 10 heavy (non-hydrogen) atoms. The Morgan fingerprint density at radius 1 is 1.60 bits per heavy atom. The molecule has 3 heteroatoms. The van der Waals surface area contributed by atoms with Crippen molar-refractivity contribution in [1.82, 2.24) is 4.57 Å². The molecule has 2 nitrogen and oxygen atoms in total. The number of halogens is 1. The second kappa shape index (κ2) is 2.46. The topological polar surface area (TPSA) is 22.0 Å². The van der Waals surface area contributed by atoms with Gasteiger partial charge in [-0.15, -0.1) is 0 Å². The number of nitrogens with zero attached hydrogens (tertiary/aromatic N) is 1. The van der Waals surface area contributed by atoms with E-state index in [1.807, 2.05) is 6.92 Å². The van der Waals surface area contributed by atoms with Gasteiger partial charge < -0.3 is 4.57 Å². The summed E-state index contributed by atoms with van der Waals surface area (Å²) in [6, 6.07) is 1.52. The molecule has 0 unspecified atom stereocenters. The summed E-state index contributed by atoms with van der Waals surface area (Å²) in [6.07, 6.45) is 1.61. The Kier molecular flexibility index (Phi) is 1.81. The Morgan fingerprint density at radius 3 is 2.70 bits per heavy atom. The lowest BCUT2D eigenvalue weighted by Crippen LogP contribution is -2.14. The van der Waals surface area contributed by atoms with E-state index in [0.717, 1.165) is 5.56 Å². The third-order valence-electron chi connectivity index (χ3n) is 1.37. The molecule has 0 aliphatic rings. The van der Waals surface area contributed by atoms with E-state index < -0.39 is 0 Å². The molecule has 1 aromatic heterocycles. The average Bonchev–Trinajstić information content (AvgIpc) is 1.84. The summed E-state index contributed by atoms with van der Waals surface area (Å²) >= 11 is 5.73. The number of aromatic nitrogens is 1. The summed E-state index contributed by atoms with van der Waals surface area (Å²) in [5, 5.41) is 0.627.